The van der Waals surface area contributed by atoms with Crippen molar-refractivity contribution in [1.29, 1.82) is 0 Å². The van der Waals surface area contributed by atoms with Crippen LogP contribution in [0, 0.1) is 10.5 Å². The number of benzene rings is 1. The number of phenolic OH excluding ortho intramolecular Hbond substituents is 1. The molecule has 0 atom stereocenters. The lowest BCUT2D eigenvalue weighted by Gasteiger charge is -2.04. The summed E-state index contributed by atoms with van der Waals surface area (Å²) < 4.78 is 0.938. The number of halogens is 1. The first-order chi connectivity index (χ1) is 5.52. The molecule has 0 amide bonds. The minimum atomic E-state index is -0.0959. The second-order valence-electron chi connectivity index (χ2n) is 2.67. The van der Waals surface area contributed by atoms with E-state index in [2.05, 4.69) is 22.6 Å². The van der Waals surface area contributed by atoms with Gasteiger partial charge in [-0.15, -0.1) is 0 Å². The summed E-state index contributed by atoms with van der Waals surface area (Å²) >= 11 is 2.10. The van der Waals surface area contributed by atoms with Gasteiger partial charge >= 0.3 is 0 Å². The van der Waals surface area contributed by atoms with E-state index >= 15 is 0 Å². The lowest BCUT2D eigenvalue weighted by atomic mass is 10.0. The normalized spacial score (nSPS) is 9.92. The van der Waals surface area contributed by atoms with Crippen LogP contribution in [-0.2, 0) is 0 Å². The zero-order valence-electron chi connectivity index (χ0n) is 6.89. The highest BCUT2D eigenvalue weighted by Gasteiger charge is 2.10. The second kappa shape index (κ2) is 3.43. The van der Waals surface area contributed by atoms with Crippen LogP contribution in [0.4, 0.5) is 0 Å². The Morgan fingerprint density at radius 2 is 2.08 bits per heavy atom. The van der Waals surface area contributed by atoms with Crippen LogP contribution in [0.3, 0.4) is 0 Å². The van der Waals surface area contributed by atoms with E-state index in [1.165, 1.54) is 6.92 Å². The van der Waals surface area contributed by atoms with Gasteiger partial charge in [0.05, 0.1) is 5.56 Å². The first-order valence-electron chi connectivity index (χ1n) is 3.52. The number of carbonyl (C=O) groups excluding carboxylic acids is 1. The Labute approximate surface area is 84.7 Å². The van der Waals surface area contributed by atoms with Crippen molar-refractivity contribution in [1.82, 2.24) is 0 Å². The quantitative estimate of drug-likeness (QED) is 0.632. The van der Waals surface area contributed by atoms with Crippen molar-refractivity contribution >= 4 is 28.4 Å². The molecule has 0 spiro atoms. The maximum Gasteiger partial charge on any atom is 0.163 e. The number of Topliss-reactive ketones (excluding diaryl/α,β-unsaturated/α-hetero) is 1. The van der Waals surface area contributed by atoms with Crippen molar-refractivity contribution in [3.63, 3.8) is 0 Å². The standard InChI is InChI=1S/C9H9IO2/c1-5-3-7(10)4-8(12)9(5)6(2)11/h3-4,12H,1-2H3. The van der Waals surface area contributed by atoms with Crippen LogP contribution in [0.25, 0.3) is 0 Å². The first-order valence-corrected chi connectivity index (χ1v) is 4.60. The van der Waals surface area contributed by atoms with Gasteiger partial charge in [0.2, 0.25) is 0 Å². The molecule has 0 aromatic heterocycles. The number of rotatable bonds is 1. The Bertz CT molecular complexity index is 308. The van der Waals surface area contributed by atoms with E-state index in [0.29, 0.717) is 5.56 Å². The zero-order chi connectivity index (χ0) is 9.30. The van der Waals surface area contributed by atoms with Crippen LogP contribution < -0.4 is 0 Å². The third-order valence-corrected chi connectivity index (χ3v) is 2.25. The molecule has 0 unspecified atom stereocenters. The highest BCUT2D eigenvalue weighted by molar-refractivity contribution is 14.1. The Morgan fingerprint density at radius 1 is 1.50 bits per heavy atom. The number of hydrogen-bond donors (Lipinski definition) is 1. The number of carbonyl (C=O) groups is 1. The number of hydrogen-bond acceptors (Lipinski definition) is 2. The summed E-state index contributed by atoms with van der Waals surface area (Å²) in [6.07, 6.45) is 0. The van der Waals surface area contributed by atoms with Gasteiger partial charge in [-0.2, -0.15) is 0 Å². The van der Waals surface area contributed by atoms with Crippen molar-refractivity contribution in [3.05, 3.63) is 26.8 Å². The summed E-state index contributed by atoms with van der Waals surface area (Å²) in [4.78, 5) is 11.0. The summed E-state index contributed by atoms with van der Waals surface area (Å²) in [5.74, 6) is -0.0201. The van der Waals surface area contributed by atoms with E-state index in [4.69, 9.17) is 0 Å². The van der Waals surface area contributed by atoms with Crippen LogP contribution >= 0.6 is 22.6 Å². The number of phenols is 1. The van der Waals surface area contributed by atoms with Crippen molar-refractivity contribution in [3.8, 4) is 5.75 Å². The van der Waals surface area contributed by atoms with Gasteiger partial charge in [0, 0.05) is 3.57 Å². The molecule has 0 aliphatic carbocycles. The summed E-state index contributed by atoms with van der Waals surface area (Å²) in [6.45, 7) is 3.27. The zero-order valence-corrected chi connectivity index (χ0v) is 9.05. The van der Waals surface area contributed by atoms with Crippen LogP contribution in [0.2, 0.25) is 0 Å². The molecular weight excluding hydrogens is 267 g/mol. The predicted octanol–water partition coefficient (Wildman–Crippen LogP) is 2.51. The van der Waals surface area contributed by atoms with Gasteiger partial charge < -0.3 is 5.11 Å². The van der Waals surface area contributed by atoms with Gasteiger partial charge in [-0.1, -0.05) is 0 Å². The van der Waals surface area contributed by atoms with Crippen LogP contribution in [0.5, 0.6) is 5.75 Å². The number of aromatic hydroxyl groups is 1. The molecule has 0 radical (unpaired) electrons. The first kappa shape index (κ1) is 9.51. The second-order valence-corrected chi connectivity index (χ2v) is 3.92. The van der Waals surface area contributed by atoms with E-state index in [-0.39, 0.29) is 11.5 Å². The van der Waals surface area contributed by atoms with Crippen LogP contribution in [0.15, 0.2) is 12.1 Å². The van der Waals surface area contributed by atoms with Gasteiger partial charge in [-0.05, 0) is 54.1 Å². The highest BCUT2D eigenvalue weighted by atomic mass is 127. The van der Waals surface area contributed by atoms with Crippen LogP contribution in [-0.4, -0.2) is 10.9 Å². The minimum Gasteiger partial charge on any atom is -0.507 e. The molecular formula is C9H9IO2. The van der Waals surface area contributed by atoms with Gasteiger partial charge in [-0.3, -0.25) is 4.79 Å². The van der Waals surface area contributed by atoms with Gasteiger partial charge in [0.15, 0.2) is 5.78 Å². The largest absolute Gasteiger partial charge is 0.507 e. The van der Waals surface area contributed by atoms with E-state index in [0.717, 1.165) is 9.13 Å². The maximum atomic E-state index is 11.0. The monoisotopic (exact) mass is 276 g/mol. The molecule has 3 heteroatoms. The third-order valence-electron chi connectivity index (χ3n) is 1.63. The third kappa shape index (κ3) is 1.77. The van der Waals surface area contributed by atoms with Crippen LogP contribution in [0.1, 0.15) is 22.8 Å². The highest BCUT2D eigenvalue weighted by Crippen LogP contribution is 2.24. The number of ketones is 1. The molecule has 0 aliphatic rings. The SMILES string of the molecule is CC(=O)c1c(C)cc(I)cc1O. The summed E-state index contributed by atoms with van der Waals surface area (Å²) in [7, 11) is 0. The molecule has 0 saturated carbocycles. The predicted molar refractivity (Wildman–Crippen MR) is 55.6 cm³/mol. The Morgan fingerprint density at radius 3 is 2.50 bits per heavy atom. The molecule has 64 valence electrons. The molecule has 12 heavy (non-hydrogen) atoms. The molecule has 0 fully saturated rings. The number of aryl methyl sites for hydroxylation is 1. The lowest BCUT2D eigenvalue weighted by Crippen LogP contribution is -1.97. The average Bonchev–Trinajstić information content (AvgIpc) is 1.82. The molecule has 1 aromatic carbocycles. The average molecular weight is 276 g/mol. The maximum absolute atomic E-state index is 11.0. The summed E-state index contributed by atoms with van der Waals surface area (Å²) in [5.41, 5.74) is 1.25. The van der Waals surface area contributed by atoms with Crippen molar-refractivity contribution in [2.24, 2.45) is 0 Å². The Hall–Kier alpha value is -0.580. The molecule has 0 heterocycles. The summed E-state index contributed by atoms with van der Waals surface area (Å²) in [5, 5.41) is 9.42. The molecule has 1 N–H and O–H groups in total. The van der Waals surface area contributed by atoms with Gasteiger partial charge in [0.1, 0.15) is 5.75 Å². The Kier molecular flexibility index (Phi) is 2.72. The van der Waals surface area contributed by atoms with E-state index in [1.54, 1.807) is 6.07 Å². The molecule has 2 nitrogen and oxygen atoms in total. The van der Waals surface area contributed by atoms with E-state index in [9.17, 15) is 9.90 Å². The fraction of sp³-hybridized carbons (Fsp3) is 0.222. The lowest BCUT2D eigenvalue weighted by molar-refractivity contribution is 0.101. The van der Waals surface area contributed by atoms with Gasteiger partial charge in [0.25, 0.3) is 0 Å². The van der Waals surface area contributed by atoms with E-state index in [1.807, 2.05) is 13.0 Å². The molecule has 1 rings (SSSR count). The Balaban J connectivity index is 3.38. The topological polar surface area (TPSA) is 37.3 Å². The van der Waals surface area contributed by atoms with Gasteiger partial charge in [-0.25, -0.2) is 0 Å². The fourth-order valence-corrected chi connectivity index (χ4v) is 1.95. The summed E-state index contributed by atoms with van der Waals surface area (Å²) in [6, 6.07) is 3.46. The smallest absolute Gasteiger partial charge is 0.163 e. The molecule has 0 bridgehead atoms. The fourth-order valence-electron chi connectivity index (χ4n) is 1.18. The minimum absolute atomic E-state index is 0.0758. The van der Waals surface area contributed by atoms with Crippen molar-refractivity contribution in [2.45, 2.75) is 13.8 Å². The molecule has 0 saturated heterocycles. The molecule has 0 aliphatic heterocycles. The van der Waals surface area contributed by atoms with Crippen molar-refractivity contribution < 1.29 is 9.90 Å². The van der Waals surface area contributed by atoms with E-state index < -0.39 is 0 Å². The van der Waals surface area contributed by atoms with Crippen molar-refractivity contribution in [2.75, 3.05) is 0 Å². The molecule has 1 aromatic rings.